The van der Waals surface area contributed by atoms with Gasteiger partial charge in [0.2, 0.25) is 0 Å². The fourth-order valence-corrected chi connectivity index (χ4v) is 1.79. The molecule has 116 valence electrons. The number of rotatable bonds is 5. The molecule has 0 saturated heterocycles. The Morgan fingerprint density at radius 1 is 1.43 bits per heavy atom. The number of carbonyl (C=O) groups is 1. The molecular weight excluding hydrogens is 313 g/mol. The number of nitrogens with one attached hydrogen (secondary N) is 1. The zero-order chi connectivity index (χ0) is 13.7. The summed E-state index contributed by atoms with van der Waals surface area (Å²) in [6, 6.07) is 3.40. The Hall–Kier alpha value is -1.63. The van der Waals surface area contributed by atoms with E-state index < -0.39 is 0 Å². The van der Waals surface area contributed by atoms with E-state index in [-0.39, 0.29) is 36.8 Å². The molecule has 1 unspecified atom stereocenters. The van der Waals surface area contributed by atoms with Gasteiger partial charge < -0.3 is 15.6 Å². The van der Waals surface area contributed by atoms with Gasteiger partial charge in [-0.1, -0.05) is 0 Å². The van der Waals surface area contributed by atoms with Crippen LogP contribution in [0.15, 0.2) is 37.1 Å². The van der Waals surface area contributed by atoms with Crippen molar-refractivity contribution in [2.24, 2.45) is 5.73 Å². The summed E-state index contributed by atoms with van der Waals surface area (Å²) in [5.74, 6) is -0.121. The Kier molecular flexibility index (Phi) is 8.61. The number of imidazole rings is 1. The van der Waals surface area contributed by atoms with Crippen LogP contribution in [0.5, 0.6) is 0 Å². The number of hydrogen-bond donors (Lipinski definition) is 2. The van der Waals surface area contributed by atoms with Gasteiger partial charge >= 0.3 is 0 Å². The molecule has 2 rings (SSSR count). The average Bonchev–Trinajstić information content (AvgIpc) is 2.91. The zero-order valence-corrected chi connectivity index (χ0v) is 13.2. The molecule has 2 heterocycles. The van der Waals surface area contributed by atoms with Gasteiger partial charge in [0, 0.05) is 43.3 Å². The van der Waals surface area contributed by atoms with E-state index in [1.54, 1.807) is 30.9 Å². The van der Waals surface area contributed by atoms with Crippen molar-refractivity contribution in [1.29, 1.82) is 0 Å². The van der Waals surface area contributed by atoms with E-state index >= 15 is 0 Å². The second kappa shape index (κ2) is 9.33. The number of halogens is 2. The van der Waals surface area contributed by atoms with Crippen LogP contribution in [0, 0.1) is 0 Å². The first-order chi connectivity index (χ1) is 9.19. The van der Waals surface area contributed by atoms with Crippen LogP contribution in [0.2, 0.25) is 0 Å². The molecule has 0 spiro atoms. The van der Waals surface area contributed by atoms with Gasteiger partial charge in [0.15, 0.2) is 0 Å². The largest absolute Gasteiger partial charge is 0.348 e. The monoisotopic (exact) mass is 331 g/mol. The van der Waals surface area contributed by atoms with Crippen LogP contribution in [0.25, 0.3) is 0 Å². The van der Waals surface area contributed by atoms with Crippen LogP contribution in [0.3, 0.4) is 0 Å². The highest BCUT2D eigenvalue weighted by atomic mass is 35.5. The number of hydrogen-bond acceptors (Lipinski definition) is 4. The minimum absolute atomic E-state index is 0. The second-order valence-corrected chi connectivity index (χ2v) is 4.37. The lowest BCUT2D eigenvalue weighted by molar-refractivity contribution is 0.0936. The number of amides is 1. The molecule has 3 N–H and O–H groups in total. The van der Waals surface area contributed by atoms with Gasteiger partial charge in [0.1, 0.15) is 0 Å². The fourth-order valence-electron chi connectivity index (χ4n) is 1.79. The zero-order valence-electron chi connectivity index (χ0n) is 11.6. The Balaban J connectivity index is 0.00000200. The molecule has 0 bridgehead atoms. The van der Waals surface area contributed by atoms with E-state index in [2.05, 4.69) is 15.3 Å². The Labute approximate surface area is 136 Å². The third kappa shape index (κ3) is 5.71. The summed E-state index contributed by atoms with van der Waals surface area (Å²) in [5, 5.41) is 2.93. The minimum Gasteiger partial charge on any atom is -0.348 e. The van der Waals surface area contributed by atoms with Crippen molar-refractivity contribution in [2.45, 2.75) is 26.1 Å². The number of nitrogens with two attached hydrogens (primary N) is 1. The van der Waals surface area contributed by atoms with Crippen molar-refractivity contribution in [3.63, 3.8) is 0 Å². The quantitative estimate of drug-likeness (QED) is 0.867. The molecule has 2 aromatic heterocycles. The van der Waals surface area contributed by atoms with Crippen LogP contribution < -0.4 is 11.1 Å². The molecule has 0 radical (unpaired) electrons. The van der Waals surface area contributed by atoms with Crippen molar-refractivity contribution >= 4 is 30.7 Å². The Morgan fingerprint density at radius 3 is 2.81 bits per heavy atom. The average molecular weight is 332 g/mol. The van der Waals surface area contributed by atoms with Crippen molar-refractivity contribution in [1.82, 2.24) is 19.9 Å². The van der Waals surface area contributed by atoms with Crippen molar-refractivity contribution < 1.29 is 4.79 Å². The molecule has 1 atom stereocenters. The highest BCUT2D eigenvalue weighted by molar-refractivity contribution is 5.94. The van der Waals surface area contributed by atoms with Crippen LogP contribution in [0.1, 0.15) is 23.0 Å². The standard InChI is InChI=1S/C13H17N5O.2ClH/c1-10(8-18-5-4-15-9-18)17-13(19)11-2-3-16-12(6-11)7-14;;/h2-6,9-10H,7-8,14H2,1H3,(H,17,19);2*1H. The lowest BCUT2D eigenvalue weighted by Gasteiger charge is -2.14. The Morgan fingerprint density at radius 2 is 2.19 bits per heavy atom. The van der Waals surface area contributed by atoms with E-state index in [0.717, 1.165) is 0 Å². The predicted octanol–water partition coefficient (Wildman–Crippen LogP) is 1.40. The molecule has 8 heteroatoms. The molecule has 0 aliphatic heterocycles. The van der Waals surface area contributed by atoms with Gasteiger partial charge in [0.25, 0.3) is 5.91 Å². The van der Waals surface area contributed by atoms with Gasteiger partial charge in [-0.15, -0.1) is 24.8 Å². The van der Waals surface area contributed by atoms with E-state index in [0.29, 0.717) is 24.3 Å². The summed E-state index contributed by atoms with van der Waals surface area (Å²) in [6.45, 7) is 2.95. The lowest BCUT2D eigenvalue weighted by Crippen LogP contribution is -2.35. The van der Waals surface area contributed by atoms with Crippen molar-refractivity contribution in [2.75, 3.05) is 0 Å². The number of nitrogens with zero attached hydrogens (tertiary/aromatic N) is 3. The van der Waals surface area contributed by atoms with Crippen LogP contribution >= 0.6 is 24.8 Å². The van der Waals surface area contributed by atoms with Crippen molar-refractivity contribution in [3.05, 3.63) is 48.3 Å². The van der Waals surface area contributed by atoms with Crippen molar-refractivity contribution in [3.8, 4) is 0 Å². The van der Waals surface area contributed by atoms with Gasteiger partial charge in [-0.3, -0.25) is 9.78 Å². The molecule has 6 nitrogen and oxygen atoms in total. The molecule has 0 aliphatic rings. The molecule has 0 fully saturated rings. The lowest BCUT2D eigenvalue weighted by atomic mass is 10.2. The first-order valence-electron chi connectivity index (χ1n) is 6.10. The van der Waals surface area contributed by atoms with E-state index in [4.69, 9.17) is 5.73 Å². The summed E-state index contributed by atoms with van der Waals surface area (Å²) in [4.78, 5) is 20.1. The van der Waals surface area contributed by atoms with Crippen LogP contribution in [-0.2, 0) is 13.1 Å². The van der Waals surface area contributed by atoms with Gasteiger partial charge in [-0.25, -0.2) is 4.98 Å². The first-order valence-corrected chi connectivity index (χ1v) is 6.10. The second-order valence-electron chi connectivity index (χ2n) is 4.37. The SMILES string of the molecule is CC(Cn1ccnc1)NC(=O)c1ccnc(CN)c1.Cl.Cl. The molecule has 0 aromatic carbocycles. The summed E-state index contributed by atoms with van der Waals surface area (Å²) in [6.07, 6.45) is 6.89. The molecule has 2 aromatic rings. The van der Waals surface area contributed by atoms with Crippen LogP contribution in [-0.4, -0.2) is 26.5 Å². The maximum absolute atomic E-state index is 12.0. The maximum Gasteiger partial charge on any atom is 0.251 e. The summed E-state index contributed by atoms with van der Waals surface area (Å²) >= 11 is 0. The maximum atomic E-state index is 12.0. The number of pyridine rings is 1. The summed E-state index contributed by atoms with van der Waals surface area (Å²) in [7, 11) is 0. The van der Waals surface area contributed by atoms with Gasteiger partial charge in [-0.05, 0) is 19.1 Å². The van der Waals surface area contributed by atoms with Crippen LogP contribution in [0.4, 0.5) is 0 Å². The highest BCUT2D eigenvalue weighted by Gasteiger charge is 2.10. The number of aromatic nitrogens is 3. The van der Waals surface area contributed by atoms with Gasteiger partial charge in [-0.2, -0.15) is 0 Å². The van der Waals surface area contributed by atoms with E-state index in [1.165, 1.54) is 0 Å². The van der Waals surface area contributed by atoms with E-state index in [1.807, 2.05) is 17.7 Å². The minimum atomic E-state index is -0.121. The topological polar surface area (TPSA) is 85.8 Å². The normalized spacial score (nSPS) is 11.0. The first kappa shape index (κ1) is 19.4. The molecule has 1 amide bonds. The predicted molar refractivity (Wildman–Crippen MR) is 85.8 cm³/mol. The fraction of sp³-hybridized carbons (Fsp3) is 0.308. The number of carbonyl (C=O) groups excluding carboxylic acids is 1. The third-order valence-corrected chi connectivity index (χ3v) is 2.71. The van der Waals surface area contributed by atoms with E-state index in [9.17, 15) is 4.79 Å². The molecule has 0 aliphatic carbocycles. The third-order valence-electron chi connectivity index (χ3n) is 2.71. The van der Waals surface area contributed by atoms with Gasteiger partial charge in [0.05, 0.1) is 12.0 Å². The molecular formula is C13H19Cl2N5O. The Bertz CT molecular complexity index is 547. The smallest absolute Gasteiger partial charge is 0.251 e. The highest BCUT2D eigenvalue weighted by Crippen LogP contribution is 2.02. The summed E-state index contributed by atoms with van der Waals surface area (Å²) in [5.41, 5.74) is 6.79. The summed E-state index contributed by atoms with van der Waals surface area (Å²) < 4.78 is 1.92. The molecule has 21 heavy (non-hydrogen) atoms. The molecule has 0 saturated carbocycles.